The van der Waals surface area contributed by atoms with Crippen LogP contribution in [0.2, 0.25) is 0 Å². The number of halogens is 1. The maximum Gasteiger partial charge on any atom is 0.268 e. The average Bonchev–Trinajstić information content (AvgIpc) is 2.74. The molecule has 0 aromatic heterocycles. The summed E-state index contributed by atoms with van der Waals surface area (Å²) in [5.41, 5.74) is 24.7. The van der Waals surface area contributed by atoms with Gasteiger partial charge in [0.1, 0.15) is 28.3 Å². The molecule has 0 aliphatic carbocycles. The summed E-state index contributed by atoms with van der Waals surface area (Å²) in [6, 6.07) is 6.60. The average molecular weight is 462 g/mol. The lowest BCUT2D eigenvalue weighted by Crippen LogP contribution is -2.49. The van der Waals surface area contributed by atoms with Gasteiger partial charge in [-0.25, -0.2) is 9.89 Å². The Kier molecular flexibility index (Phi) is 8.25. The number of Topliss-reactive ketones (excluding diaryl/α,β-unsaturated/α-hetero) is 2. The molecular formula is C21H28ClN7O3. The third kappa shape index (κ3) is 5.79. The number of aliphatic imine (C=N–C) groups is 1. The van der Waals surface area contributed by atoms with Crippen molar-refractivity contribution in [2.24, 2.45) is 27.9 Å². The lowest BCUT2D eigenvalue weighted by Gasteiger charge is -2.31. The van der Waals surface area contributed by atoms with Gasteiger partial charge < -0.3 is 33.0 Å². The van der Waals surface area contributed by atoms with E-state index < -0.39 is 5.91 Å². The third-order valence-corrected chi connectivity index (χ3v) is 5.13. The van der Waals surface area contributed by atoms with Crippen LogP contribution in [-0.2, 0) is 9.59 Å². The number of carbonyl (C=O) groups is 3. The van der Waals surface area contributed by atoms with Crippen LogP contribution in [0.25, 0.3) is 0 Å². The number of nitrogens with one attached hydrogen (secondary N) is 1. The van der Waals surface area contributed by atoms with E-state index in [1.54, 1.807) is 24.3 Å². The van der Waals surface area contributed by atoms with Gasteiger partial charge in [-0.3, -0.25) is 9.59 Å². The number of nitrogens with zero attached hydrogens (tertiary/aromatic N) is 2. The summed E-state index contributed by atoms with van der Waals surface area (Å²) < 4.78 is 0. The molecule has 11 heteroatoms. The summed E-state index contributed by atoms with van der Waals surface area (Å²) in [5, 5.41) is 2.48. The van der Waals surface area contributed by atoms with Gasteiger partial charge in [0.25, 0.3) is 5.91 Å². The molecule has 1 heterocycles. The van der Waals surface area contributed by atoms with Crippen molar-refractivity contribution in [3.8, 4) is 0 Å². The normalized spacial score (nSPS) is 15.5. The van der Waals surface area contributed by atoms with E-state index in [4.69, 9.17) is 34.5 Å². The van der Waals surface area contributed by atoms with Crippen LogP contribution in [0.4, 0.5) is 0 Å². The fraction of sp³-hybridized carbons (Fsp3) is 0.333. The van der Waals surface area contributed by atoms with Gasteiger partial charge in [0.2, 0.25) is 5.96 Å². The van der Waals surface area contributed by atoms with Crippen LogP contribution in [0.1, 0.15) is 61.5 Å². The minimum Gasteiger partial charge on any atom is -0.383 e. The van der Waals surface area contributed by atoms with Gasteiger partial charge in [-0.2, -0.15) is 0 Å². The van der Waals surface area contributed by atoms with Crippen LogP contribution in [0, 0.1) is 0 Å². The number of benzene rings is 1. The Hall–Kier alpha value is -3.53. The van der Waals surface area contributed by atoms with Crippen molar-refractivity contribution in [3.63, 3.8) is 0 Å². The first-order valence-electron chi connectivity index (χ1n) is 10.0. The number of primary amides is 1. The monoisotopic (exact) mass is 461 g/mol. The zero-order chi connectivity index (χ0) is 24.0. The number of hydrogen-bond acceptors (Lipinski definition) is 7. The Morgan fingerprint density at radius 2 is 1.72 bits per heavy atom. The molecule has 1 aromatic rings. The minimum absolute atomic E-state index is 0.0305. The van der Waals surface area contributed by atoms with Crippen molar-refractivity contribution >= 4 is 35.0 Å². The number of nitrogens with two attached hydrogens (primary N) is 4. The Balaban J connectivity index is 2.34. The van der Waals surface area contributed by atoms with Crippen molar-refractivity contribution in [2.75, 3.05) is 0 Å². The molecule has 0 fully saturated rings. The van der Waals surface area contributed by atoms with Crippen molar-refractivity contribution < 1.29 is 14.4 Å². The van der Waals surface area contributed by atoms with Gasteiger partial charge in [-0.15, -0.1) is 0 Å². The highest BCUT2D eigenvalue weighted by atomic mass is 35.5. The van der Waals surface area contributed by atoms with E-state index in [0.29, 0.717) is 12.0 Å². The topological polar surface area (TPSA) is 183 Å². The molecule has 1 aliphatic heterocycles. The van der Waals surface area contributed by atoms with Crippen LogP contribution in [-0.4, -0.2) is 28.3 Å². The summed E-state index contributed by atoms with van der Waals surface area (Å²) in [4.78, 5) is 40.7. The predicted octanol–water partition coefficient (Wildman–Crippen LogP) is 1.24. The number of amides is 1. The number of guanidine groups is 1. The Morgan fingerprint density at radius 3 is 2.25 bits per heavy atom. The molecule has 1 aromatic carbocycles. The van der Waals surface area contributed by atoms with E-state index >= 15 is 0 Å². The zero-order valence-electron chi connectivity index (χ0n) is 18.0. The number of ketones is 2. The second-order valence-electron chi connectivity index (χ2n) is 7.32. The molecule has 9 N–H and O–H groups in total. The lowest BCUT2D eigenvalue weighted by molar-refractivity contribution is -0.117. The van der Waals surface area contributed by atoms with Crippen LogP contribution in [0.3, 0.4) is 0 Å². The summed E-state index contributed by atoms with van der Waals surface area (Å²) >= 11 is 6.06. The van der Waals surface area contributed by atoms with E-state index in [2.05, 4.69) is 10.3 Å². The second-order valence-corrected chi connectivity index (χ2v) is 7.70. The molecule has 2 rings (SSSR count). The summed E-state index contributed by atoms with van der Waals surface area (Å²) in [7, 11) is 0. The molecule has 1 unspecified atom stereocenters. The number of hydrogen-bond donors (Lipinski definition) is 5. The third-order valence-electron chi connectivity index (χ3n) is 4.84. The molecule has 0 bridgehead atoms. The fourth-order valence-electron chi connectivity index (χ4n) is 3.13. The zero-order valence-corrected chi connectivity index (χ0v) is 18.8. The number of carbonyl (C=O) groups excluding carboxylic acids is 3. The quantitative estimate of drug-likeness (QED) is 0.157. The molecule has 32 heavy (non-hydrogen) atoms. The number of rotatable bonds is 9. The SMILES string of the molecule is CCCC(N=C(N)N1C(N)=C(Cl)NC(C(N)=O)=C1N)c1ccc(C(=O)CCC(C)=O)cc1. The molecule has 0 saturated carbocycles. The first kappa shape index (κ1) is 24.7. The second kappa shape index (κ2) is 10.7. The molecular weight excluding hydrogens is 434 g/mol. The molecule has 1 aliphatic rings. The Bertz CT molecular complexity index is 999. The van der Waals surface area contributed by atoms with Crippen molar-refractivity contribution in [2.45, 2.75) is 45.6 Å². The molecule has 0 radical (unpaired) electrons. The standard InChI is InChI=1S/C21H28ClN7O3/c1-3-4-14(12-6-8-13(9-7-12)15(31)10-5-11(2)30)27-21(26)29-18(23)16(20(25)32)28-17(22)19(29)24/h6-9,14,28H,3-5,10,23-24H2,1-2H3,(H2,25,32)(H2,26,27). The smallest absolute Gasteiger partial charge is 0.268 e. The lowest BCUT2D eigenvalue weighted by atomic mass is 9.99. The van der Waals surface area contributed by atoms with Gasteiger partial charge in [-0.05, 0) is 18.9 Å². The van der Waals surface area contributed by atoms with Gasteiger partial charge in [0.15, 0.2) is 5.78 Å². The van der Waals surface area contributed by atoms with E-state index in [-0.39, 0.29) is 58.9 Å². The van der Waals surface area contributed by atoms with Crippen molar-refractivity contribution in [3.05, 3.63) is 57.9 Å². The van der Waals surface area contributed by atoms with Crippen LogP contribution in [0.15, 0.2) is 51.8 Å². The molecule has 10 nitrogen and oxygen atoms in total. The molecule has 0 spiro atoms. The van der Waals surface area contributed by atoms with Gasteiger partial charge in [0.05, 0.1) is 6.04 Å². The highest BCUT2D eigenvalue weighted by Gasteiger charge is 2.29. The van der Waals surface area contributed by atoms with Gasteiger partial charge in [0, 0.05) is 18.4 Å². The maximum absolute atomic E-state index is 12.2. The largest absolute Gasteiger partial charge is 0.383 e. The molecule has 172 valence electrons. The Labute approximate surface area is 191 Å². The Morgan fingerprint density at radius 1 is 1.09 bits per heavy atom. The molecule has 0 saturated heterocycles. The highest BCUT2D eigenvalue weighted by molar-refractivity contribution is 6.30. The summed E-state index contributed by atoms with van der Waals surface area (Å²) in [6.07, 6.45) is 1.83. The maximum atomic E-state index is 12.2. The van der Waals surface area contributed by atoms with E-state index in [1.807, 2.05) is 6.92 Å². The fourth-order valence-corrected chi connectivity index (χ4v) is 3.31. The van der Waals surface area contributed by atoms with Gasteiger partial charge in [-0.1, -0.05) is 49.2 Å². The molecule has 1 atom stereocenters. The van der Waals surface area contributed by atoms with Crippen molar-refractivity contribution in [1.82, 2.24) is 10.2 Å². The summed E-state index contributed by atoms with van der Waals surface area (Å²) in [6.45, 7) is 3.45. The van der Waals surface area contributed by atoms with Crippen LogP contribution >= 0.6 is 11.6 Å². The van der Waals surface area contributed by atoms with Crippen LogP contribution < -0.4 is 28.3 Å². The van der Waals surface area contributed by atoms with E-state index in [1.165, 1.54) is 6.92 Å². The van der Waals surface area contributed by atoms with Gasteiger partial charge >= 0.3 is 0 Å². The van der Waals surface area contributed by atoms with E-state index in [0.717, 1.165) is 16.9 Å². The minimum atomic E-state index is -0.832. The first-order chi connectivity index (χ1) is 15.1. The summed E-state index contributed by atoms with van der Waals surface area (Å²) in [5.74, 6) is -1.19. The van der Waals surface area contributed by atoms with Crippen LogP contribution in [0.5, 0.6) is 0 Å². The first-order valence-corrected chi connectivity index (χ1v) is 10.4. The molecule has 1 amide bonds. The van der Waals surface area contributed by atoms with E-state index in [9.17, 15) is 14.4 Å². The van der Waals surface area contributed by atoms with Crippen molar-refractivity contribution in [1.29, 1.82) is 0 Å². The predicted molar refractivity (Wildman–Crippen MR) is 122 cm³/mol. The highest BCUT2D eigenvalue weighted by Crippen LogP contribution is 2.26.